The summed E-state index contributed by atoms with van der Waals surface area (Å²) >= 11 is 0. The van der Waals surface area contributed by atoms with Gasteiger partial charge in [-0.1, -0.05) is 18.2 Å². The number of hydrogen-bond donors (Lipinski definition) is 2. The molecule has 5 heteroatoms. The number of rotatable bonds is 7. The van der Waals surface area contributed by atoms with Crippen LogP contribution in [0.2, 0.25) is 0 Å². The molecule has 0 radical (unpaired) electrons. The summed E-state index contributed by atoms with van der Waals surface area (Å²) in [7, 11) is 5.21. The van der Waals surface area contributed by atoms with Crippen LogP contribution < -0.4 is 15.4 Å². The van der Waals surface area contributed by atoms with E-state index in [9.17, 15) is 0 Å². The van der Waals surface area contributed by atoms with Crippen LogP contribution in [-0.4, -0.2) is 46.9 Å². The van der Waals surface area contributed by atoms with Crippen molar-refractivity contribution in [3.05, 3.63) is 29.8 Å². The van der Waals surface area contributed by atoms with Crippen molar-refractivity contribution in [2.24, 2.45) is 4.99 Å². The average molecular weight is 291 g/mol. The van der Waals surface area contributed by atoms with Crippen molar-refractivity contribution in [1.82, 2.24) is 10.6 Å². The van der Waals surface area contributed by atoms with Gasteiger partial charge in [0.25, 0.3) is 0 Å². The van der Waals surface area contributed by atoms with E-state index in [0.717, 1.165) is 24.8 Å². The fourth-order valence-electron chi connectivity index (χ4n) is 2.52. The lowest BCUT2D eigenvalue weighted by Gasteiger charge is -2.21. The van der Waals surface area contributed by atoms with Gasteiger partial charge in [-0.25, -0.2) is 0 Å². The number of ether oxygens (including phenoxy) is 2. The van der Waals surface area contributed by atoms with Gasteiger partial charge in [0.2, 0.25) is 0 Å². The second-order valence-electron chi connectivity index (χ2n) is 5.33. The summed E-state index contributed by atoms with van der Waals surface area (Å²) in [6.45, 7) is 2.27. The van der Waals surface area contributed by atoms with Crippen LogP contribution in [0.3, 0.4) is 0 Å². The molecule has 116 valence electrons. The second-order valence-corrected chi connectivity index (χ2v) is 5.33. The summed E-state index contributed by atoms with van der Waals surface area (Å²) in [6.07, 6.45) is 2.35. The first-order chi connectivity index (χ1) is 10.3. The van der Waals surface area contributed by atoms with Crippen LogP contribution in [0, 0.1) is 0 Å². The number of aliphatic imine (C=N–C) groups is 1. The average Bonchev–Trinajstić information content (AvgIpc) is 3.32. The lowest BCUT2D eigenvalue weighted by molar-refractivity contribution is 0.203. The molecule has 0 spiro atoms. The third-order valence-electron chi connectivity index (χ3n) is 3.95. The van der Waals surface area contributed by atoms with Crippen molar-refractivity contribution in [3.8, 4) is 5.75 Å². The van der Waals surface area contributed by atoms with Gasteiger partial charge in [-0.2, -0.15) is 0 Å². The number of nitrogens with one attached hydrogen (secondary N) is 2. The van der Waals surface area contributed by atoms with Crippen molar-refractivity contribution >= 4 is 5.96 Å². The Bertz CT molecular complexity index is 484. The van der Waals surface area contributed by atoms with Crippen molar-refractivity contribution in [3.63, 3.8) is 0 Å². The second kappa shape index (κ2) is 7.31. The molecule has 2 N–H and O–H groups in total. The van der Waals surface area contributed by atoms with E-state index in [4.69, 9.17) is 9.47 Å². The third-order valence-corrected chi connectivity index (χ3v) is 3.95. The molecule has 2 rings (SSSR count). The molecule has 0 atom stereocenters. The summed E-state index contributed by atoms with van der Waals surface area (Å²) in [5, 5.41) is 6.64. The highest BCUT2D eigenvalue weighted by molar-refractivity contribution is 5.79. The number of methoxy groups -OCH3 is 2. The summed E-state index contributed by atoms with van der Waals surface area (Å²) in [4.78, 5) is 4.23. The van der Waals surface area contributed by atoms with Crippen LogP contribution in [-0.2, 0) is 10.2 Å². The molecular weight excluding hydrogens is 266 g/mol. The molecule has 1 aromatic carbocycles. The van der Waals surface area contributed by atoms with Gasteiger partial charge in [0.05, 0.1) is 13.7 Å². The maximum absolute atomic E-state index is 5.49. The Morgan fingerprint density at radius 1 is 1.24 bits per heavy atom. The monoisotopic (exact) mass is 291 g/mol. The van der Waals surface area contributed by atoms with Crippen molar-refractivity contribution in [2.75, 3.05) is 41.0 Å². The number of para-hydroxylation sites is 1. The number of nitrogens with zero attached hydrogens (tertiary/aromatic N) is 1. The van der Waals surface area contributed by atoms with Crippen molar-refractivity contribution in [2.45, 2.75) is 18.3 Å². The van der Waals surface area contributed by atoms with E-state index in [1.807, 2.05) is 12.1 Å². The number of hydrogen-bond acceptors (Lipinski definition) is 3. The predicted molar refractivity (Wildman–Crippen MR) is 85.1 cm³/mol. The minimum atomic E-state index is 0.172. The quantitative estimate of drug-likeness (QED) is 0.454. The Balaban J connectivity index is 1.95. The Morgan fingerprint density at radius 3 is 2.62 bits per heavy atom. The van der Waals surface area contributed by atoms with Gasteiger partial charge >= 0.3 is 0 Å². The van der Waals surface area contributed by atoms with E-state index in [1.54, 1.807) is 21.3 Å². The summed E-state index contributed by atoms with van der Waals surface area (Å²) in [5.41, 5.74) is 1.46. The maximum atomic E-state index is 5.49. The lowest BCUT2D eigenvalue weighted by Crippen LogP contribution is -2.42. The number of guanidine groups is 1. The minimum Gasteiger partial charge on any atom is -0.496 e. The van der Waals surface area contributed by atoms with E-state index in [1.165, 1.54) is 18.4 Å². The lowest BCUT2D eigenvalue weighted by atomic mass is 9.95. The first kappa shape index (κ1) is 15.6. The van der Waals surface area contributed by atoms with Gasteiger partial charge in [0.1, 0.15) is 5.75 Å². The van der Waals surface area contributed by atoms with Gasteiger partial charge in [-0.05, 0) is 18.9 Å². The highest BCUT2D eigenvalue weighted by Crippen LogP contribution is 2.50. The standard InChI is InChI=1S/C16H25N3O2/c1-17-15(18-10-11-20-2)19-12-16(8-9-16)13-6-4-5-7-14(13)21-3/h4-7H,8-12H2,1-3H3,(H2,17,18,19). The fourth-order valence-corrected chi connectivity index (χ4v) is 2.52. The molecule has 0 saturated heterocycles. The van der Waals surface area contributed by atoms with Gasteiger partial charge in [-0.15, -0.1) is 0 Å². The van der Waals surface area contributed by atoms with E-state index in [2.05, 4.69) is 27.8 Å². The van der Waals surface area contributed by atoms with Gasteiger partial charge < -0.3 is 20.1 Å². The molecule has 21 heavy (non-hydrogen) atoms. The van der Waals surface area contributed by atoms with E-state index in [0.29, 0.717) is 6.61 Å². The molecular formula is C16H25N3O2. The largest absolute Gasteiger partial charge is 0.496 e. The summed E-state index contributed by atoms with van der Waals surface area (Å²) in [5.74, 6) is 1.78. The van der Waals surface area contributed by atoms with Crippen LogP contribution in [0.4, 0.5) is 0 Å². The van der Waals surface area contributed by atoms with Crippen LogP contribution in [0.5, 0.6) is 5.75 Å². The predicted octanol–water partition coefficient (Wildman–Crippen LogP) is 1.54. The molecule has 5 nitrogen and oxygen atoms in total. The molecule has 0 aromatic heterocycles. The molecule has 0 amide bonds. The zero-order chi connectivity index (χ0) is 15.1. The third kappa shape index (κ3) is 3.88. The van der Waals surface area contributed by atoms with Crippen LogP contribution in [0.25, 0.3) is 0 Å². The summed E-state index contributed by atoms with van der Waals surface area (Å²) in [6, 6.07) is 8.27. The Kier molecular flexibility index (Phi) is 5.44. The van der Waals surface area contributed by atoms with Crippen molar-refractivity contribution in [1.29, 1.82) is 0 Å². The van der Waals surface area contributed by atoms with Crippen LogP contribution in [0.15, 0.2) is 29.3 Å². The molecule has 1 saturated carbocycles. The van der Waals surface area contributed by atoms with Gasteiger partial charge in [0, 0.05) is 38.2 Å². The SMILES string of the molecule is CN=C(NCCOC)NCC1(c2ccccc2OC)CC1. The minimum absolute atomic E-state index is 0.172. The first-order valence-electron chi connectivity index (χ1n) is 7.33. The Hall–Kier alpha value is -1.75. The molecule has 1 aliphatic carbocycles. The van der Waals surface area contributed by atoms with Gasteiger partial charge in [-0.3, -0.25) is 4.99 Å². The van der Waals surface area contributed by atoms with E-state index < -0.39 is 0 Å². The zero-order valence-corrected chi connectivity index (χ0v) is 13.1. The topological polar surface area (TPSA) is 54.9 Å². The van der Waals surface area contributed by atoms with E-state index >= 15 is 0 Å². The highest BCUT2D eigenvalue weighted by Gasteiger charge is 2.45. The smallest absolute Gasteiger partial charge is 0.191 e. The fraction of sp³-hybridized carbons (Fsp3) is 0.562. The van der Waals surface area contributed by atoms with E-state index in [-0.39, 0.29) is 5.41 Å². The molecule has 0 bridgehead atoms. The zero-order valence-electron chi connectivity index (χ0n) is 13.1. The Labute approximate surface area is 126 Å². The maximum Gasteiger partial charge on any atom is 0.191 e. The normalized spacial score (nSPS) is 16.4. The molecule has 0 aliphatic heterocycles. The molecule has 1 aliphatic rings. The molecule has 1 aromatic rings. The molecule has 0 unspecified atom stereocenters. The highest BCUT2D eigenvalue weighted by atomic mass is 16.5. The number of benzene rings is 1. The first-order valence-corrected chi connectivity index (χ1v) is 7.33. The molecule has 0 heterocycles. The Morgan fingerprint density at radius 2 is 2.00 bits per heavy atom. The van der Waals surface area contributed by atoms with Crippen LogP contribution >= 0.6 is 0 Å². The van der Waals surface area contributed by atoms with Crippen LogP contribution in [0.1, 0.15) is 18.4 Å². The summed E-state index contributed by atoms with van der Waals surface area (Å²) < 4.78 is 10.5. The van der Waals surface area contributed by atoms with Gasteiger partial charge in [0.15, 0.2) is 5.96 Å². The molecule has 1 fully saturated rings. The van der Waals surface area contributed by atoms with Crippen molar-refractivity contribution < 1.29 is 9.47 Å².